The summed E-state index contributed by atoms with van der Waals surface area (Å²) in [5.74, 6) is 0.539. The predicted molar refractivity (Wildman–Crippen MR) is 66.2 cm³/mol. The second kappa shape index (κ2) is 7.63. The molecule has 0 saturated heterocycles. The number of rotatable bonds is 7. The number of amides is 1. The van der Waals surface area contributed by atoms with Crippen molar-refractivity contribution in [1.29, 1.82) is 0 Å². The summed E-state index contributed by atoms with van der Waals surface area (Å²) < 4.78 is 0. The van der Waals surface area contributed by atoms with Gasteiger partial charge in [0.25, 0.3) is 0 Å². The van der Waals surface area contributed by atoms with Gasteiger partial charge >= 0.3 is 0 Å². The van der Waals surface area contributed by atoms with Crippen LogP contribution >= 0.6 is 0 Å². The molecular weight excluding hydrogens is 204 g/mol. The lowest BCUT2D eigenvalue weighted by atomic mass is 10.1. The maximum atomic E-state index is 11.6. The number of nitrogens with one attached hydrogen (secondary N) is 1. The van der Waals surface area contributed by atoms with E-state index in [1.807, 2.05) is 13.8 Å². The summed E-state index contributed by atoms with van der Waals surface area (Å²) in [5.41, 5.74) is 0. The second-order valence-electron chi connectivity index (χ2n) is 5.01. The van der Waals surface area contributed by atoms with Gasteiger partial charge in [-0.1, -0.05) is 13.8 Å². The van der Waals surface area contributed by atoms with Crippen molar-refractivity contribution >= 4 is 5.91 Å². The van der Waals surface area contributed by atoms with Crippen molar-refractivity contribution in [2.75, 3.05) is 20.1 Å². The van der Waals surface area contributed by atoms with Gasteiger partial charge in [-0.05, 0) is 26.2 Å². The SMILES string of the molecule is CC(C)CC(O)CNCC(=O)N(C)C(C)C. The Morgan fingerprint density at radius 1 is 1.31 bits per heavy atom. The molecular formula is C12H26N2O2. The Morgan fingerprint density at radius 3 is 2.31 bits per heavy atom. The van der Waals surface area contributed by atoms with Crippen molar-refractivity contribution in [2.45, 2.75) is 46.3 Å². The average molecular weight is 230 g/mol. The van der Waals surface area contributed by atoms with Gasteiger partial charge < -0.3 is 15.3 Å². The van der Waals surface area contributed by atoms with E-state index in [0.29, 0.717) is 19.0 Å². The van der Waals surface area contributed by atoms with Crippen molar-refractivity contribution in [3.63, 3.8) is 0 Å². The standard InChI is InChI=1S/C12H26N2O2/c1-9(2)6-11(15)7-13-8-12(16)14(5)10(3)4/h9-11,13,15H,6-8H2,1-5H3. The molecule has 0 spiro atoms. The lowest BCUT2D eigenvalue weighted by Gasteiger charge is -2.22. The average Bonchev–Trinajstić information content (AvgIpc) is 2.14. The Hall–Kier alpha value is -0.610. The van der Waals surface area contributed by atoms with Crippen LogP contribution in [0.4, 0.5) is 0 Å². The van der Waals surface area contributed by atoms with Gasteiger partial charge in [0.15, 0.2) is 0 Å². The Kier molecular flexibility index (Phi) is 7.34. The van der Waals surface area contributed by atoms with Gasteiger partial charge in [-0.3, -0.25) is 4.79 Å². The molecule has 0 aromatic carbocycles. The maximum absolute atomic E-state index is 11.6. The Morgan fingerprint density at radius 2 is 1.88 bits per heavy atom. The van der Waals surface area contributed by atoms with Crippen LogP contribution in [0.3, 0.4) is 0 Å². The number of aliphatic hydroxyl groups excluding tert-OH is 1. The monoisotopic (exact) mass is 230 g/mol. The van der Waals surface area contributed by atoms with Gasteiger partial charge in [0.05, 0.1) is 12.6 Å². The molecule has 0 heterocycles. The van der Waals surface area contributed by atoms with Gasteiger partial charge in [0.2, 0.25) is 5.91 Å². The number of aliphatic hydroxyl groups is 1. The van der Waals surface area contributed by atoms with Crippen LogP contribution in [-0.4, -0.2) is 48.2 Å². The van der Waals surface area contributed by atoms with E-state index in [2.05, 4.69) is 19.2 Å². The van der Waals surface area contributed by atoms with E-state index in [1.165, 1.54) is 0 Å². The normalized spacial score (nSPS) is 13.2. The summed E-state index contributed by atoms with van der Waals surface area (Å²) in [7, 11) is 1.79. The minimum absolute atomic E-state index is 0.0618. The molecule has 0 aromatic heterocycles. The molecule has 0 aromatic rings. The van der Waals surface area contributed by atoms with E-state index < -0.39 is 0 Å². The lowest BCUT2D eigenvalue weighted by Crippen LogP contribution is -2.41. The molecule has 0 aliphatic rings. The van der Waals surface area contributed by atoms with Crippen LogP contribution in [0.2, 0.25) is 0 Å². The number of hydrogen-bond acceptors (Lipinski definition) is 3. The zero-order chi connectivity index (χ0) is 12.7. The molecule has 0 fully saturated rings. The van der Waals surface area contributed by atoms with Crippen LogP contribution in [0.1, 0.15) is 34.1 Å². The first-order chi connectivity index (χ1) is 7.34. The summed E-state index contributed by atoms with van der Waals surface area (Å²) in [4.78, 5) is 13.3. The van der Waals surface area contributed by atoms with Gasteiger partial charge in [-0.15, -0.1) is 0 Å². The minimum atomic E-state index is -0.364. The third-order valence-corrected chi connectivity index (χ3v) is 2.57. The molecule has 4 nitrogen and oxygen atoms in total. The van der Waals surface area contributed by atoms with Crippen molar-refractivity contribution < 1.29 is 9.90 Å². The number of carbonyl (C=O) groups excluding carboxylic acids is 1. The summed E-state index contributed by atoms with van der Waals surface area (Å²) in [6.07, 6.45) is 0.401. The first-order valence-electron chi connectivity index (χ1n) is 5.99. The number of carbonyl (C=O) groups is 1. The first-order valence-corrected chi connectivity index (χ1v) is 5.99. The van der Waals surface area contributed by atoms with E-state index in [1.54, 1.807) is 11.9 Å². The fraction of sp³-hybridized carbons (Fsp3) is 0.917. The zero-order valence-corrected chi connectivity index (χ0v) is 11.2. The van der Waals surface area contributed by atoms with E-state index in [4.69, 9.17) is 0 Å². The van der Waals surface area contributed by atoms with Crippen LogP contribution < -0.4 is 5.32 Å². The number of nitrogens with zero attached hydrogens (tertiary/aromatic N) is 1. The molecule has 96 valence electrons. The highest BCUT2D eigenvalue weighted by Gasteiger charge is 2.12. The quantitative estimate of drug-likeness (QED) is 0.682. The van der Waals surface area contributed by atoms with E-state index in [9.17, 15) is 9.90 Å². The smallest absolute Gasteiger partial charge is 0.236 e. The van der Waals surface area contributed by atoms with Crippen LogP contribution in [0.15, 0.2) is 0 Å². The van der Waals surface area contributed by atoms with Crippen molar-refractivity contribution in [1.82, 2.24) is 10.2 Å². The van der Waals surface area contributed by atoms with Crippen LogP contribution in [-0.2, 0) is 4.79 Å². The minimum Gasteiger partial charge on any atom is -0.392 e. The molecule has 0 bridgehead atoms. The highest BCUT2D eigenvalue weighted by atomic mass is 16.3. The van der Waals surface area contributed by atoms with Crippen molar-refractivity contribution in [3.05, 3.63) is 0 Å². The van der Waals surface area contributed by atoms with E-state index >= 15 is 0 Å². The lowest BCUT2D eigenvalue weighted by molar-refractivity contribution is -0.130. The van der Waals surface area contributed by atoms with E-state index in [0.717, 1.165) is 6.42 Å². The molecule has 2 N–H and O–H groups in total. The zero-order valence-electron chi connectivity index (χ0n) is 11.2. The maximum Gasteiger partial charge on any atom is 0.236 e. The van der Waals surface area contributed by atoms with Gasteiger partial charge in [0, 0.05) is 19.6 Å². The molecule has 0 rings (SSSR count). The molecule has 1 atom stereocenters. The van der Waals surface area contributed by atoms with Gasteiger partial charge in [-0.2, -0.15) is 0 Å². The molecule has 0 radical (unpaired) electrons. The third kappa shape index (κ3) is 6.80. The molecule has 0 saturated carbocycles. The number of likely N-dealkylation sites (N-methyl/N-ethyl adjacent to an activating group) is 1. The summed E-state index contributed by atoms with van der Waals surface area (Å²) in [6, 6.07) is 0.217. The highest BCUT2D eigenvalue weighted by Crippen LogP contribution is 2.03. The fourth-order valence-corrected chi connectivity index (χ4v) is 1.39. The van der Waals surface area contributed by atoms with E-state index in [-0.39, 0.29) is 18.1 Å². The summed E-state index contributed by atoms with van der Waals surface area (Å²) in [6.45, 7) is 8.87. The summed E-state index contributed by atoms with van der Waals surface area (Å²) >= 11 is 0. The third-order valence-electron chi connectivity index (χ3n) is 2.57. The summed E-state index contributed by atoms with van der Waals surface area (Å²) in [5, 5.41) is 12.6. The molecule has 1 amide bonds. The Balaban J connectivity index is 3.69. The second-order valence-corrected chi connectivity index (χ2v) is 5.01. The predicted octanol–water partition coefficient (Wildman–Crippen LogP) is 0.850. The Labute approximate surface area is 99.0 Å². The largest absolute Gasteiger partial charge is 0.392 e. The molecule has 0 aliphatic carbocycles. The van der Waals surface area contributed by atoms with Crippen LogP contribution in [0, 0.1) is 5.92 Å². The molecule has 4 heteroatoms. The fourth-order valence-electron chi connectivity index (χ4n) is 1.39. The van der Waals surface area contributed by atoms with Crippen molar-refractivity contribution in [2.24, 2.45) is 5.92 Å². The highest BCUT2D eigenvalue weighted by molar-refractivity contribution is 5.78. The molecule has 1 unspecified atom stereocenters. The first kappa shape index (κ1) is 15.4. The number of hydrogen-bond donors (Lipinski definition) is 2. The Bertz CT molecular complexity index is 205. The van der Waals surface area contributed by atoms with Gasteiger partial charge in [0.1, 0.15) is 0 Å². The van der Waals surface area contributed by atoms with Crippen LogP contribution in [0.5, 0.6) is 0 Å². The topological polar surface area (TPSA) is 52.6 Å². The molecule has 0 aliphatic heterocycles. The molecule has 16 heavy (non-hydrogen) atoms. The van der Waals surface area contributed by atoms with Crippen molar-refractivity contribution in [3.8, 4) is 0 Å². The van der Waals surface area contributed by atoms with Gasteiger partial charge in [-0.25, -0.2) is 0 Å². The van der Waals surface area contributed by atoms with Crippen LogP contribution in [0.25, 0.3) is 0 Å².